The number of carbonyl (C=O) groups excluding carboxylic acids is 2. The van der Waals surface area contributed by atoms with Crippen LogP contribution in [0, 0.1) is 0 Å². The van der Waals surface area contributed by atoms with Gasteiger partial charge in [0.05, 0.1) is 28.8 Å². The lowest BCUT2D eigenvalue weighted by Gasteiger charge is -2.29. The first-order valence-corrected chi connectivity index (χ1v) is 9.87. The number of hydrogen-bond acceptors (Lipinski definition) is 4. The van der Waals surface area contributed by atoms with Crippen molar-refractivity contribution >= 4 is 46.7 Å². The standard InChI is InChI=1S/C20H20Cl3NO4/c21-12-18(25)24-13-20(27,15-7-8-16(22)17(23)11-15)9-4-10-28-19(26)14-5-2-1-3-6-14/h1-3,5-8,11,27H,4,9-10,12-13H2,(H,24,25). The highest BCUT2D eigenvalue weighted by atomic mass is 35.5. The van der Waals surface area contributed by atoms with Crippen molar-refractivity contribution in [2.45, 2.75) is 18.4 Å². The van der Waals surface area contributed by atoms with Crippen LogP contribution < -0.4 is 5.32 Å². The number of amides is 1. The molecule has 8 heteroatoms. The molecule has 2 aromatic carbocycles. The van der Waals surface area contributed by atoms with Gasteiger partial charge in [0.2, 0.25) is 5.91 Å². The smallest absolute Gasteiger partial charge is 0.338 e. The molecule has 2 rings (SSSR count). The first kappa shape index (κ1) is 22.5. The van der Waals surface area contributed by atoms with Crippen LogP contribution in [0.1, 0.15) is 28.8 Å². The summed E-state index contributed by atoms with van der Waals surface area (Å²) in [7, 11) is 0. The Labute approximate surface area is 178 Å². The van der Waals surface area contributed by atoms with Gasteiger partial charge in [-0.2, -0.15) is 0 Å². The molecule has 150 valence electrons. The van der Waals surface area contributed by atoms with Gasteiger partial charge < -0.3 is 15.2 Å². The lowest BCUT2D eigenvalue weighted by Crippen LogP contribution is -2.41. The normalized spacial score (nSPS) is 12.9. The van der Waals surface area contributed by atoms with Gasteiger partial charge in [-0.3, -0.25) is 4.79 Å². The van der Waals surface area contributed by atoms with Crippen LogP contribution >= 0.6 is 34.8 Å². The van der Waals surface area contributed by atoms with Crippen molar-refractivity contribution in [2.75, 3.05) is 19.0 Å². The number of carbonyl (C=O) groups is 2. The molecule has 0 aliphatic heterocycles. The van der Waals surface area contributed by atoms with E-state index in [4.69, 9.17) is 39.5 Å². The van der Waals surface area contributed by atoms with Crippen LogP contribution in [-0.2, 0) is 15.1 Å². The molecule has 2 N–H and O–H groups in total. The highest BCUT2D eigenvalue weighted by molar-refractivity contribution is 6.42. The Morgan fingerprint density at radius 1 is 1.07 bits per heavy atom. The number of hydrogen-bond donors (Lipinski definition) is 2. The Bertz CT molecular complexity index is 816. The molecule has 1 amide bonds. The van der Waals surface area contributed by atoms with E-state index in [9.17, 15) is 14.7 Å². The Morgan fingerprint density at radius 2 is 1.79 bits per heavy atom. The minimum atomic E-state index is -1.42. The third-order valence-electron chi connectivity index (χ3n) is 4.13. The predicted molar refractivity (Wildman–Crippen MR) is 110 cm³/mol. The maximum absolute atomic E-state index is 12.0. The summed E-state index contributed by atoms with van der Waals surface area (Å²) < 4.78 is 5.24. The molecule has 0 radical (unpaired) electrons. The van der Waals surface area contributed by atoms with Crippen molar-refractivity contribution in [3.05, 3.63) is 69.7 Å². The van der Waals surface area contributed by atoms with E-state index in [1.165, 1.54) is 0 Å². The number of aliphatic hydroxyl groups is 1. The topological polar surface area (TPSA) is 75.6 Å². The summed E-state index contributed by atoms with van der Waals surface area (Å²) in [6.07, 6.45) is 0.585. The average Bonchev–Trinajstić information content (AvgIpc) is 2.71. The Hall–Kier alpha value is -1.79. The molecule has 0 aliphatic carbocycles. The number of esters is 1. The molecule has 28 heavy (non-hydrogen) atoms. The summed E-state index contributed by atoms with van der Waals surface area (Å²) in [5, 5.41) is 14.3. The summed E-state index contributed by atoms with van der Waals surface area (Å²) in [6, 6.07) is 13.4. The van der Waals surface area contributed by atoms with Crippen molar-refractivity contribution in [1.29, 1.82) is 0 Å². The number of halogens is 3. The molecule has 0 heterocycles. The van der Waals surface area contributed by atoms with E-state index in [1.54, 1.807) is 42.5 Å². The van der Waals surface area contributed by atoms with Crippen molar-refractivity contribution in [2.24, 2.45) is 0 Å². The van der Waals surface area contributed by atoms with E-state index in [0.717, 1.165) is 0 Å². The molecule has 0 spiro atoms. The minimum absolute atomic E-state index is 0.0663. The van der Waals surface area contributed by atoms with Crippen molar-refractivity contribution < 1.29 is 19.4 Å². The van der Waals surface area contributed by atoms with Gasteiger partial charge in [0.1, 0.15) is 11.5 Å². The maximum atomic E-state index is 12.0. The van der Waals surface area contributed by atoms with E-state index < -0.39 is 17.5 Å². The fraction of sp³-hybridized carbons (Fsp3) is 0.300. The van der Waals surface area contributed by atoms with Gasteiger partial charge >= 0.3 is 5.97 Å². The van der Waals surface area contributed by atoms with Crippen LogP contribution in [0.5, 0.6) is 0 Å². The second-order valence-electron chi connectivity index (χ2n) is 6.18. The highest BCUT2D eigenvalue weighted by Gasteiger charge is 2.30. The molecule has 0 saturated carbocycles. The molecular formula is C20H20Cl3NO4. The second-order valence-corrected chi connectivity index (χ2v) is 7.26. The van der Waals surface area contributed by atoms with Gasteiger partial charge in [0, 0.05) is 0 Å². The zero-order valence-corrected chi connectivity index (χ0v) is 17.2. The predicted octanol–water partition coefficient (Wildman–Crippen LogP) is 4.17. The molecule has 1 atom stereocenters. The largest absolute Gasteiger partial charge is 0.462 e. The zero-order valence-electron chi connectivity index (χ0n) is 15.0. The van der Waals surface area contributed by atoms with Gasteiger partial charge in [0.15, 0.2) is 0 Å². The van der Waals surface area contributed by atoms with Gasteiger partial charge in [-0.1, -0.05) is 47.5 Å². The maximum Gasteiger partial charge on any atom is 0.338 e. The summed E-state index contributed by atoms with van der Waals surface area (Å²) in [4.78, 5) is 23.5. The fourth-order valence-corrected chi connectivity index (χ4v) is 2.99. The van der Waals surface area contributed by atoms with E-state index in [-0.39, 0.29) is 30.5 Å². The average molecular weight is 445 g/mol. The van der Waals surface area contributed by atoms with Crippen LogP contribution in [0.15, 0.2) is 48.5 Å². The van der Waals surface area contributed by atoms with Crippen LogP contribution in [0.2, 0.25) is 10.0 Å². The SMILES string of the molecule is O=C(CCl)NCC(O)(CCCOC(=O)c1ccccc1)c1ccc(Cl)c(Cl)c1. The number of ether oxygens (including phenoxy) is 1. The van der Waals surface area contributed by atoms with Crippen molar-refractivity contribution in [1.82, 2.24) is 5.32 Å². The van der Waals surface area contributed by atoms with Gasteiger partial charge in [0.25, 0.3) is 0 Å². The van der Waals surface area contributed by atoms with E-state index >= 15 is 0 Å². The summed E-state index contributed by atoms with van der Waals surface area (Å²) in [5.74, 6) is -1.06. The van der Waals surface area contributed by atoms with E-state index in [2.05, 4.69) is 5.32 Å². The lowest BCUT2D eigenvalue weighted by atomic mass is 9.89. The van der Waals surface area contributed by atoms with E-state index in [0.29, 0.717) is 22.6 Å². The zero-order chi connectivity index (χ0) is 20.6. The molecule has 5 nitrogen and oxygen atoms in total. The minimum Gasteiger partial charge on any atom is -0.462 e. The van der Waals surface area contributed by atoms with Crippen molar-refractivity contribution in [3.63, 3.8) is 0 Å². The lowest BCUT2D eigenvalue weighted by molar-refractivity contribution is -0.120. The number of alkyl halides is 1. The molecular weight excluding hydrogens is 425 g/mol. The van der Waals surface area contributed by atoms with Gasteiger partial charge in [-0.25, -0.2) is 4.79 Å². The molecule has 0 bridgehead atoms. The first-order valence-electron chi connectivity index (χ1n) is 8.58. The second kappa shape index (κ2) is 10.7. The Kier molecular flexibility index (Phi) is 8.58. The number of nitrogens with one attached hydrogen (secondary N) is 1. The fourth-order valence-electron chi connectivity index (χ4n) is 2.60. The summed E-state index contributed by atoms with van der Waals surface area (Å²) in [6.45, 7) is 0.0456. The van der Waals surface area contributed by atoms with Crippen LogP contribution in [0.4, 0.5) is 0 Å². The third kappa shape index (κ3) is 6.38. The molecule has 0 aliphatic rings. The quantitative estimate of drug-likeness (QED) is 0.346. The van der Waals surface area contributed by atoms with E-state index in [1.807, 2.05) is 6.07 Å². The Balaban J connectivity index is 2.01. The number of benzene rings is 2. The molecule has 0 saturated heterocycles. The third-order valence-corrected chi connectivity index (χ3v) is 5.12. The molecule has 0 aromatic heterocycles. The summed E-state index contributed by atoms with van der Waals surface area (Å²) in [5.41, 5.74) is -0.475. The van der Waals surface area contributed by atoms with Crippen LogP contribution in [0.3, 0.4) is 0 Å². The molecule has 1 unspecified atom stereocenters. The first-order chi connectivity index (χ1) is 13.4. The van der Waals surface area contributed by atoms with Crippen LogP contribution in [0.25, 0.3) is 0 Å². The summed E-state index contributed by atoms with van der Waals surface area (Å²) >= 11 is 17.5. The Morgan fingerprint density at radius 3 is 2.43 bits per heavy atom. The van der Waals surface area contributed by atoms with Gasteiger partial charge in [-0.15, -0.1) is 11.6 Å². The number of rotatable bonds is 9. The van der Waals surface area contributed by atoms with Gasteiger partial charge in [-0.05, 0) is 42.7 Å². The molecule has 0 fully saturated rings. The highest BCUT2D eigenvalue weighted by Crippen LogP contribution is 2.31. The van der Waals surface area contributed by atoms with Crippen LogP contribution in [-0.4, -0.2) is 36.0 Å². The molecule has 2 aromatic rings. The monoisotopic (exact) mass is 443 g/mol. The van der Waals surface area contributed by atoms with Crippen molar-refractivity contribution in [3.8, 4) is 0 Å².